The van der Waals surface area contributed by atoms with Gasteiger partial charge in [-0.3, -0.25) is 19.2 Å². The number of carbonyl (C=O) groups excluding carboxylic acids is 4. The standard InChI is InChI=1S/C37H58N2O7/c1-32(2)26-9-12-37(7)30(35(26,5)11-10-27(32)42)25(41)19-23-24-20-34(4,14-13-33(24,3)15-16-36(23,37)6)31(45)39(17-18-40)22-28(43)38-21-29(44)46-8/h19,24,26-27,30,40,42H,9-18,20-22H2,1-8H3,(H,38,43)/t24-,26-,27-,30+,33+,34-,35-,36+,37+/m0/s1. The fourth-order valence-corrected chi connectivity index (χ4v) is 11.6. The lowest BCUT2D eigenvalue weighted by molar-refractivity contribution is -0.202. The molecule has 0 radical (unpaired) electrons. The minimum Gasteiger partial charge on any atom is -0.468 e. The van der Waals surface area contributed by atoms with E-state index in [1.54, 1.807) is 0 Å². The summed E-state index contributed by atoms with van der Waals surface area (Å²) in [6, 6.07) is 0. The van der Waals surface area contributed by atoms with Crippen molar-refractivity contribution in [2.45, 2.75) is 112 Å². The fourth-order valence-electron chi connectivity index (χ4n) is 11.6. The number of ether oxygens (including phenoxy) is 1. The van der Waals surface area contributed by atoms with Crippen molar-refractivity contribution in [1.29, 1.82) is 0 Å². The lowest BCUT2D eigenvalue weighted by Crippen LogP contribution is -2.66. The number of hydrogen-bond acceptors (Lipinski definition) is 7. The van der Waals surface area contributed by atoms with E-state index in [1.165, 1.54) is 17.6 Å². The summed E-state index contributed by atoms with van der Waals surface area (Å²) in [5.74, 6) is -0.794. The molecule has 46 heavy (non-hydrogen) atoms. The molecule has 9 atom stereocenters. The van der Waals surface area contributed by atoms with Gasteiger partial charge in [0.2, 0.25) is 11.8 Å². The molecule has 4 fully saturated rings. The first-order valence-corrected chi connectivity index (χ1v) is 17.5. The predicted molar refractivity (Wildman–Crippen MR) is 174 cm³/mol. The van der Waals surface area contributed by atoms with E-state index in [4.69, 9.17) is 0 Å². The molecule has 0 aromatic heterocycles. The largest absolute Gasteiger partial charge is 0.468 e. The molecule has 0 aromatic carbocycles. The molecule has 5 rings (SSSR count). The number of fused-ring (bicyclic) bond motifs is 7. The summed E-state index contributed by atoms with van der Waals surface area (Å²) in [6.07, 6.45) is 9.31. The summed E-state index contributed by atoms with van der Waals surface area (Å²) in [6.45, 7) is 15.0. The summed E-state index contributed by atoms with van der Waals surface area (Å²) in [4.78, 5) is 54.4. The molecule has 5 aliphatic carbocycles. The third-order valence-electron chi connectivity index (χ3n) is 14.7. The number of amides is 2. The van der Waals surface area contributed by atoms with Crippen LogP contribution in [0.1, 0.15) is 106 Å². The Labute approximate surface area is 275 Å². The van der Waals surface area contributed by atoms with Crippen LogP contribution in [-0.2, 0) is 23.9 Å². The Morgan fingerprint density at radius 1 is 0.978 bits per heavy atom. The highest BCUT2D eigenvalue weighted by Crippen LogP contribution is 2.75. The molecule has 0 unspecified atom stereocenters. The molecule has 2 amide bonds. The van der Waals surface area contributed by atoms with Crippen LogP contribution in [-0.4, -0.2) is 78.1 Å². The Morgan fingerprint density at radius 2 is 1.65 bits per heavy atom. The highest BCUT2D eigenvalue weighted by atomic mass is 16.5. The number of nitrogens with one attached hydrogen (secondary N) is 1. The van der Waals surface area contributed by atoms with Crippen LogP contribution in [0.25, 0.3) is 0 Å². The zero-order valence-corrected chi connectivity index (χ0v) is 29.5. The van der Waals surface area contributed by atoms with Gasteiger partial charge in [0.1, 0.15) is 6.54 Å². The number of allylic oxidation sites excluding steroid dienone is 2. The molecule has 5 aliphatic rings. The summed E-state index contributed by atoms with van der Waals surface area (Å²) in [5.41, 5.74) is -0.435. The molecule has 0 saturated heterocycles. The fraction of sp³-hybridized carbons (Fsp3) is 0.838. The molecule has 0 bridgehead atoms. The predicted octanol–water partition coefficient (Wildman–Crippen LogP) is 4.44. The molecule has 258 valence electrons. The number of esters is 1. The average molecular weight is 643 g/mol. The van der Waals surface area contributed by atoms with Gasteiger partial charge < -0.3 is 25.2 Å². The average Bonchev–Trinajstić information content (AvgIpc) is 2.99. The van der Waals surface area contributed by atoms with Crippen molar-refractivity contribution in [3.8, 4) is 0 Å². The highest BCUT2D eigenvalue weighted by molar-refractivity contribution is 5.96. The zero-order valence-electron chi connectivity index (χ0n) is 29.5. The normalized spacial score (nSPS) is 42.7. The van der Waals surface area contributed by atoms with Gasteiger partial charge in [-0.05, 0) is 103 Å². The number of aliphatic hydroxyl groups is 2. The second-order valence-electron chi connectivity index (χ2n) is 17.4. The maximum atomic E-state index is 14.6. The van der Waals surface area contributed by atoms with Gasteiger partial charge in [0.15, 0.2) is 5.78 Å². The van der Waals surface area contributed by atoms with E-state index >= 15 is 0 Å². The number of ketones is 1. The first-order valence-electron chi connectivity index (χ1n) is 17.5. The Morgan fingerprint density at radius 3 is 2.30 bits per heavy atom. The summed E-state index contributed by atoms with van der Waals surface area (Å²) in [5, 5.41) is 23.3. The van der Waals surface area contributed by atoms with E-state index < -0.39 is 17.3 Å². The smallest absolute Gasteiger partial charge is 0.325 e. The molecule has 0 aliphatic heterocycles. The van der Waals surface area contributed by atoms with Crippen molar-refractivity contribution < 1.29 is 34.1 Å². The third kappa shape index (κ3) is 5.17. The Hall–Kier alpha value is -2.26. The Kier molecular flexibility index (Phi) is 8.93. The van der Waals surface area contributed by atoms with Crippen molar-refractivity contribution in [2.75, 3.05) is 33.4 Å². The molecule has 4 saturated carbocycles. The van der Waals surface area contributed by atoms with Crippen molar-refractivity contribution >= 4 is 23.6 Å². The highest BCUT2D eigenvalue weighted by Gasteiger charge is 2.70. The van der Waals surface area contributed by atoms with Crippen molar-refractivity contribution in [3.63, 3.8) is 0 Å². The van der Waals surface area contributed by atoms with Gasteiger partial charge in [0.25, 0.3) is 0 Å². The second kappa shape index (κ2) is 11.7. The van der Waals surface area contributed by atoms with Crippen LogP contribution in [0, 0.1) is 50.2 Å². The molecule has 9 heteroatoms. The minimum absolute atomic E-state index is 0.0193. The molecule has 0 heterocycles. The molecule has 0 aromatic rings. The van der Waals surface area contributed by atoms with Crippen LogP contribution < -0.4 is 5.32 Å². The summed E-state index contributed by atoms with van der Waals surface area (Å²) < 4.78 is 4.60. The maximum absolute atomic E-state index is 14.6. The van der Waals surface area contributed by atoms with Gasteiger partial charge in [-0.15, -0.1) is 0 Å². The zero-order chi connectivity index (χ0) is 34.1. The number of nitrogens with zero attached hydrogens (tertiary/aromatic N) is 1. The van der Waals surface area contributed by atoms with E-state index in [-0.39, 0.29) is 88.9 Å². The van der Waals surface area contributed by atoms with Crippen LogP contribution in [0.5, 0.6) is 0 Å². The monoisotopic (exact) mass is 642 g/mol. The maximum Gasteiger partial charge on any atom is 0.325 e. The van der Waals surface area contributed by atoms with Crippen LogP contribution >= 0.6 is 0 Å². The van der Waals surface area contributed by atoms with Crippen LogP contribution in [0.15, 0.2) is 11.6 Å². The van der Waals surface area contributed by atoms with Crippen LogP contribution in [0.3, 0.4) is 0 Å². The number of methoxy groups -OCH3 is 1. The Bertz CT molecular complexity index is 1310. The van der Waals surface area contributed by atoms with E-state index in [9.17, 15) is 29.4 Å². The SMILES string of the molecule is COC(=O)CNC(=O)CN(CCO)C(=O)[C@@]1(C)CC[C@]2(C)CC[C@]3(C)C(=CC(=O)[C@@H]4[C@@]5(C)CC[C@H](O)C(C)(C)[C@@H]5CC[C@]43C)[C@@H]2C1. The van der Waals surface area contributed by atoms with Crippen molar-refractivity contribution in [2.24, 2.45) is 50.2 Å². The quantitative estimate of drug-likeness (QED) is 0.350. The van der Waals surface area contributed by atoms with Gasteiger partial charge in [-0.1, -0.05) is 54.0 Å². The number of rotatable bonds is 7. The first kappa shape index (κ1) is 35.1. The van der Waals surface area contributed by atoms with E-state index in [0.717, 1.165) is 44.9 Å². The van der Waals surface area contributed by atoms with Crippen LogP contribution in [0.4, 0.5) is 0 Å². The van der Waals surface area contributed by atoms with Crippen molar-refractivity contribution in [1.82, 2.24) is 10.2 Å². The number of aliphatic hydroxyl groups excluding tert-OH is 2. The van der Waals surface area contributed by atoms with E-state index in [1.807, 2.05) is 13.0 Å². The van der Waals surface area contributed by atoms with Gasteiger partial charge in [-0.25, -0.2) is 0 Å². The van der Waals surface area contributed by atoms with Gasteiger partial charge in [-0.2, -0.15) is 0 Å². The third-order valence-corrected chi connectivity index (χ3v) is 14.7. The van der Waals surface area contributed by atoms with Crippen LogP contribution in [0.2, 0.25) is 0 Å². The Balaban J connectivity index is 1.46. The topological polar surface area (TPSA) is 133 Å². The summed E-state index contributed by atoms with van der Waals surface area (Å²) >= 11 is 0. The second-order valence-corrected chi connectivity index (χ2v) is 17.4. The lowest BCUT2D eigenvalue weighted by Gasteiger charge is -2.70. The van der Waals surface area contributed by atoms with Gasteiger partial charge in [0, 0.05) is 17.9 Å². The molecule has 0 spiro atoms. The lowest BCUT2D eigenvalue weighted by atomic mass is 9.33. The summed E-state index contributed by atoms with van der Waals surface area (Å²) in [7, 11) is 1.24. The number of hydrogen-bond donors (Lipinski definition) is 3. The minimum atomic E-state index is -0.769. The van der Waals surface area contributed by atoms with Gasteiger partial charge in [0.05, 0.1) is 26.4 Å². The van der Waals surface area contributed by atoms with E-state index in [2.05, 4.69) is 51.6 Å². The first-order chi connectivity index (χ1) is 21.3. The van der Waals surface area contributed by atoms with Crippen molar-refractivity contribution in [3.05, 3.63) is 11.6 Å². The van der Waals surface area contributed by atoms with Gasteiger partial charge >= 0.3 is 5.97 Å². The molecule has 9 nitrogen and oxygen atoms in total. The van der Waals surface area contributed by atoms with E-state index in [0.29, 0.717) is 12.8 Å². The number of carbonyl (C=O) groups is 4. The molecule has 3 N–H and O–H groups in total. The molecular formula is C37H58N2O7. The molecular weight excluding hydrogens is 584 g/mol.